The Bertz CT molecular complexity index is 1200. The van der Waals surface area contributed by atoms with Gasteiger partial charge in [-0.2, -0.15) is 5.10 Å². The van der Waals surface area contributed by atoms with Gasteiger partial charge in [0.25, 0.3) is 5.91 Å². The number of hydrogen-bond acceptors (Lipinski definition) is 5. The number of fused-ring (bicyclic) bond motifs is 2. The number of nitrogens with zero attached hydrogens (tertiary/aromatic N) is 3. The number of nitrogens with one attached hydrogen (secondary N) is 2. The smallest absolute Gasteiger partial charge is 0.411 e. The fraction of sp³-hybridized carbons (Fsp3) is 0.391. The first-order valence-corrected chi connectivity index (χ1v) is 10.3. The Morgan fingerprint density at radius 3 is 2.68 bits per heavy atom. The second-order valence-corrected chi connectivity index (χ2v) is 9.14. The Balaban J connectivity index is 1.77. The summed E-state index contributed by atoms with van der Waals surface area (Å²) in [7, 11) is 0. The monoisotopic (exact) mass is 421 g/mol. The van der Waals surface area contributed by atoms with Crippen LogP contribution in [0.3, 0.4) is 0 Å². The van der Waals surface area contributed by atoms with E-state index in [4.69, 9.17) is 14.8 Å². The zero-order valence-electron chi connectivity index (χ0n) is 18.7. The minimum absolute atomic E-state index is 0.157. The van der Waals surface area contributed by atoms with Crippen LogP contribution in [0.5, 0.6) is 0 Å². The fourth-order valence-corrected chi connectivity index (χ4v) is 3.65. The topological polar surface area (TPSA) is 98.1 Å². The highest BCUT2D eigenvalue weighted by Gasteiger charge is 2.25. The highest BCUT2D eigenvalue weighted by Crippen LogP contribution is 2.30. The van der Waals surface area contributed by atoms with Crippen LogP contribution in [-0.2, 0) is 16.9 Å². The number of carbonyl (C=O) groups excluding carboxylic acids is 2. The maximum atomic E-state index is 13.4. The molecule has 0 aliphatic carbocycles. The first-order valence-electron chi connectivity index (χ1n) is 10.3. The Labute approximate surface area is 181 Å². The minimum atomic E-state index is -0.476. The Kier molecular flexibility index (Phi) is 4.95. The zero-order chi connectivity index (χ0) is 22.5. The van der Waals surface area contributed by atoms with Gasteiger partial charge in [0.2, 0.25) is 0 Å². The molecule has 0 spiro atoms. The van der Waals surface area contributed by atoms with E-state index in [1.165, 1.54) is 0 Å². The van der Waals surface area contributed by atoms with Crippen molar-refractivity contribution in [3.8, 4) is 0 Å². The van der Waals surface area contributed by atoms with Crippen LogP contribution in [0.1, 0.15) is 67.8 Å². The van der Waals surface area contributed by atoms with Crippen molar-refractivity contribution in [2.75, 3.05) is 10.6 Å². The Hall–Kier alpha value is -3.42. The van der Waals surface area contributed by atoms with Crippen LogP contribution >= 0.6 is 0 Å². The number of benzene rings is 1. The van der Waals surface area contributed by atoms with Gasteiger partial charge in [-0.3, -0.25) is 10.1 Å². The highest BCUT2D eigenvalue weighted by atomic mass is 16.5. The average molecular weight is 422 g/mol. The number of amides is 2. The lowest BCUT2D eigenvalue weighted by Crippen LogP contribution is -2.24. The van der Waals surface area contributed by atoms with Crippen LogP contribution in [0, 0.1) is 6.92 Å². The largest absolute Gasteiger partial charge is 0.444 e. The van der Waals surface area contributed by atoms with Crippen LogP contribution < -0.4 is 10.6 Å². The van der Waals surface area contributed by atoms with E-state index in [1.54, 1.807) is 18.2 Å². The van der Waals surface area contributed by atoms with Crippen molar-refractivity contribution < 1.29 is 14.3 Å². The molecule has 162 valence electrons. The molecule has 0 atom stereocenters. The summed E-state index contributed by atoms with van der Waals surface area (Å²) in [6.07, 6.45) is -0.476. The van der Waals surface area contributed by atoms with E-state index < -0.39 is 6.09 Å². The Morgan fingerprint density at radius 1 is 1.26 bits per heavy atom. The number of hydrogen-bond donors (Lipinski definition) is 2. The Morgan fingerprint density at radius 2 is 2.00 bits per heavy atom. The van der Waals surface area contributed by atoms with Gasteiger partial charge in [-0.1, -0.05) is 13.8 Å². The maximum Gasteiger partial charge on any atom is 0.411 e. The fourth-order valence-electron chi connectivity index (χ4n) is 3.65. The summed E-state index contributed by atoms with van der Waals surface area (Å²) in [4.78, 5) is 29.6. The molecule has 0 bridgehead atoms. The van der Waals surface area contributed by atoms with Crippen LogP contribution in [0.4, 0.5) is 16.2 Å². The van der Waals surface area contributed by atoms with Crippen molar-refractivity contribution in [3.05, 3.63) is 46.8 Å². The molecule has 4 rings (SSSR count). The summed E-state index contributed by atoms with van der Waals surface area (Å²) in [6, 6.07) is 7.18. The lowest BCUT2D eigenvalue weighted by molar-refractivity contribution is 0.102. The molecule has 0 unspecified atom stereocenters. The maximum absolute atomic E-state index is 13.4. The standard InChI is InChI=1S/C23H27N5O3/c1-12(2)18-10-16(19-13(3)27-28(20(19)25-18)23(4,5)6)21(29)24-15-7-8-17-14(9-15)11-31-22(30)26-17/h7-10,12H,11H2,1-6H3,(H,24,29)(H,26,30). The van der Waals surface area contributed by atoms with E-state index in [2.05, 4.69) is 45.3 Å². The van der Waals surface area contributed by atoms with Gasteiger partial charge in [0.1, 0.15) is 6.61 Å². The van der Waals surface area contributed by atoms with Crippen LogP contribution in [0.25, 0.3) is 11.0 Å². The third-order valence-electron chi connectivity index (χ3n) is 5.26. The van der Waals surface area contributed by atoms with Crippen molar-refractivity contribution in [3.63, 3.8) is 0 Å². The predicted molar refractivity (Wildman–Crippen MR) is 120 cm³/mol. The molecule has 3 aromatic rings. The summed E-state index contributed by atoms with van der Waals surface area (Å²) in [5.41, 5.74) is 4.70. The third-order valence-corrected chi connectivity index (χ3v) is 5.26. The van der Waals surface area contributed by atoms with Gasteiger partial charge in [-0.15, -0.1) is 0 Å². The molecule has 2 aromatic heterocycles. The van der Waals surface area contributed by atoms with Crippen molar-refractivity contribution in [1.29, 1.82) is 0 Å². The molecule has 3 heterocycles. The van der Waals surface area contributed by atoms with Gasteiger partial charge < -0.3 is 10.1 Å². The zero-order valence-corrected chi connectivity index (χ0v) is 18.7. The molecule has 2 N–H and O–H groups in total. The van der Waals surface area contributed by atoms with Gasteiger partial charge in [0.05, 0.1) is 27.9 Å². The summed E-state index contributed by atoms with van der Waals surface area (Å²) < 4.78 is 6.91. The number of aromatic nitrogens is 3. The van der Waals surface area contributed by atoms with E-state index in [0.29, 0.717) is 22.6 Å². The predicted octanol–water partition coefficient (Wildman–Crippen LogP) is 4.93. The van der Waals surface area contributed by atoms with Crippen LogP contribution in [0.2, 0.25) is 0 Å². The number of carbonyl (C=O) groups is 2. The first kappa shape index (κ1) is 20.8. The molecule has 1 aliphatic heterocycles. The normalized spacial score (nSPS) is 13.7. The third kappa shape index (κ3) is 3.85. The van der Waals surface area contributed by atoms with E-state index in [0.717, 1.165) is 22.3 Å². The number of cyclic esters (lactones) is 1. The molecular weight excluding hydrogens is 394 g/mol. The first-order chi connectivity index (χ1) is 14.5. The number of pyridine rings is 1. The van der Waals surface area contributed by atoms with E-state index in [-0.39, 0.29) is 24.0 Å². The van der Waals surface area contributed by atoms with E-state index in [1.807, 2.05) is 17.7 Å². The lowest BCUT2D eigenvalue weighted by Gasteiger charge is -2.20. The number of ether oxygens (including phenoxy) is 1. The summed E-state index contributed by atoms with van der Waals surface area (Å²) >= 11 is 0. The van der Waals surface area contributed by atoms with Gasteiger partial charge in [0.15, 0.2) is 5.65 Å². The van der Waals surface area contributed by atoms with Crippen molar-refractivity contribution in [2.45, 2.75) is 59.6 Å². The molecular formula is C23H27N5O3. The molecule has 31 heavy (non-hydrogen) atoms. The second-order valence-electron chi connectivity index (χ2n) is 9.14. The van der Waals surface area contributed by atoms with Gasteiger partial charge >= 0.3 is 6.09 Å². The van der Waals surface area contributed by atoms with Gasteiger partial charge in [-0.05, 0) is 57.9 Å². The summed E-state index contributed by atoms with van der Waals surface area (Å²) in [6.45, 7) is 12.4. The molecule has 0 saturated carbocycles. The van der Waals surface area contributed by atoms with Crippen molar-refractivity contribution in [1.82, 2.24) is 14.8 Å². The minimum Gasteiger partial charge on any atom is -0.444 e. The molecule has 8 heteroatoms. The molecule has 0 fully saturated rings. The quantitative estimate of drug-likeness (QED) is 0.625. The van der Waals surface area contributed by atoms with Gasteiger partial charge in [-0.25, -0.2) is 14.5 Å². The van der Waals surface area contributed by atoms with E-state index >= 15 is 0 Å². The average Bonchev–Trinajstić information content (AvgIpc) is 3.04. The van der Waals surface area contributed by atoms with E-state index in [9.17, 15) is 9.59 Å². The molecule has 0 radical (unpaired) electrons. The number of aryl methyl sites for hydroxylation is 1. The SMILES string of the molecule is Cc1nn(C(C)(C)C)c2nc(C(C)C)cc(C(=O)Nc3ccc4c(c3)COC(=O)N4)c12. The summed E-state index contributed by atoms with van der Waals surface area (Å²) in [5.74, 6) is -0.0735. The van der Waals surface area contributed by atoms with Crippen LogP contribution in [-0.4, -0.2) is 26.8 Å². The van der Waals surface area contributed by atoms with Crippen LogP contribution in [0.15, 0.2) is 24.3 Å². The molecule has 8 nitrogen and oxygen atoms in total. The highest BCUT2D eigenvalue weighted by molar-refractivity contribution is 6.12. The second kappa shape index (κ2) is 7.37. The van der Waals surface area contributed by atoms with Crippen molar-refractivity contribution >= 4 is 34.4 Å². The molecule has 0 saturated heterocycles. The van der Waals surface area contributed by atoms with Gasteiger partial charge in [0, 0.05) is 16.9 Å². The lowest BCUT2D eigenvalue weighted by atomic mass is 10.0. The summed E-state index contributed by atoms with van der Waals surface area (Å²) in [5, 5.41) is 11.1. The number of anilines is 2. The molecule has 1 aliphatic rings. The molecule has 1 aromatic carbocycles. The number of rotatable bonds is 3. The van der Waals surface area contributed by atoms with Crippen molar-refractivity contribution in [2.24, 2.45) is 0 Å². The molecule has 2 amide bonds.